The maximum Gasteiger partial charge on any atom is 0.0632 e. The molecular weight excluding hydrogens is 1150 g/mol. The summed E-state index contributed by atoms with van der Waals surface area (Å²) in [5, 5.41) is 11.9. The quantitative estimate of drug-likeness (QED) is 0.138. The summed E-state index contributed by atoms with van der Waals surface area (Å²) in [6, 6.07) is 129. The summed E-state index contributed by atoms with van der Waals surface area (Å²) in [5.74, 6) is 0. The lowest BCUT2D eigenvalue weighted by molar-refractivity contribution is 1.18. The number of fused-ring (bicyclic) bond motifs is 15. The Morgan fingerprint density at radius 3 is 0.684 bits per heavy atom. The van der Waals surface area contributed by atoms with Gasteiger partial charge in [-0.2, -0.15) is 0 Å². The minimum Gasteiger partial charge on any atom is -0.309 e. The van der Waals surface area contributed by atoms with E-state index >= 15 is 0 Å². The minimum atomic E-state index is 1.09. The Kier molecular flexibility index (Phi) is 11.7. The van der Waals surface area contributed by atoms with Crippen molar-refractivity contribution < 1.29 is 0 Å². The normalized spacial score (nSPS) is 12.0. The molecule has 0 atom stereocenters. The molecule has 0 aliphatic heterocycles. The Labute approximate surface area is 547 Å². The van der Waals surface area contributed by atoms with Crippen molar-refractivity contribution in [2.75, 3.05) is 0 Å². The number of hydrogen-bond acceptors (Lipinski definition) is 0. The fourth-order valence-corrected chi connectivity index (χ4v) is 16.2. The van der Waals surface area contributed by atoms with Gasteiger partial charge in [0.15, 0.2) is 0 Å². The summed E-state index contributed by atoms with van der Waals surface area (Å²) in [6.07, 6.45) is 0. The Morgan fingerprint density at radius 1 is 0.147 bits per heavy atom. The Morgan fingerprint density at radius 2 is 0.368 bits per heavy atom. The highest BCUT2D eigenvalue weighted by molar-refractivity contribution is 6.29. The molecule has 5 heterocycles. The molecule has 15 aromatic carbocycles. The minimum absolute atomic E-state index is 1.09. The number of hydrogen-bond donors (Lipinski definition) is 0. The van der Waals surface area contributed by atoms with Crippen LogP contribution in [0.4, 0.5) is 0 Å². The molecular formula is C90H57N5. The lowest BCUT2D eigenvalue weighted by Crippen LogP contribution is -2.01. The van der Waals surface area contributed by atoms with Crippen molar-refractivity contribution in [2.45, 2.75) is 0 Å². The van der Waals surface area contributed by atoms with Gasteiger partial charge < -0.3 is 22.8 Å². The van der Waals surface area contributed by atoms with Crippen LogP contribution in [0.15, 0.2) is 346 Å². The van der Waals surface area contributed by atoms with E-state index in [1.165, 1.54) is 64.9 Å². The molecule has 0 N–H and O–H groups in total. The maximum atomic E-state index is 2.57. The van der Waals surface area contributed by atoms with Crippen LogP contribution in [-0.4, -0.2) is 22.8 Å². The van der Waals surface area contributed by atoms with E-state index in [2.05, 4.69) is 369 Å². The molecule has 0 saturated carbocycles. The van der Waals surface area contributed by atoms with Gasteiger partial charge in [0.05, 0.1) is 55.2 Å². The molecule has 20 rings (SSSR count). The molecule has 20 aromatic rings. The highest BCUT2D eigenvalue weighted by Crippen LogP contribution is 2.56. The van der Waals surface area contributed by atoms with Crippen LogP contribution in [-0.2, 0) is 0 Å². The van der Waals surface area contributed by atoms with Crippen LogP contribution in [0.5, 0.6) is 0 Å². The predicted molar refractivity (Wildman–Crippen MR) is 400 cm³/mol. The van der Waals surface area contributed by atoms with Crippen molar-refractivity contribution in [3.8, 4) is 72.9 Å². The van der Waals surface area contributed by atoms with Gasteiger partial charge in [-0.15, -0.1) is 0 Å². The Hall–Kier alpha value is -12.7. The van der Waals surface area contributed by atoms with Crippen molar-refractivity contribution >= 4 is 109 Å². The first-order valence-electron chi connectivity index (χ1n) is 32.7. The number of nitrogens with zero attached hydrogens (tertiary/aromatic N) is 5. The molecule has 0 spiro atoms. The standard InChI is InChI=1S/C90H57N5/c1-6-26-62(27-7-1)91-76-41-21-16-36-67(76)72-54-58(46-50-81(72)91)85-86(59-47-51-82-73(55-59)68-37-17-22-42-77(68)92(82)63-28-8-2-9-29-63)88(61-49-53-84-75(57-61)70-39-19-24-44-79(70)94(84)65-32-12-4-13-33-65)90-89(71-40-20-25-45-80(71)95(90)66-34-14-5-15-35-66)87(85)60-48-52-83-74(56-60)69-38-18-23-43-78(69)93(83)64-30-10-3-11-31-64/h1-57H. The van der Waals surface area contributed by atoms with E-state index in [1.54, 1.807) is 0 Å². The van der Waals surface area contributed by atoms with E-state index in [-0.39, 0.29) is 0 Å². The Balaban J connectivity index is 1.02. The molecule has 0 radical (unpaired) electrons. The van der Waals surface area contributed by atoms with Gasteiger partial charge in [0.2, 0.25) is 0 Å². The summed E-state index contributed by atoms with van der Waals surface area (Å²) in [7, 11) is 0. The topological polar surface area (TPSA) is 24.6 Å². The van der Waals surface area contributed by atoms with Gasteiger partial charge in [0, 0.05) is 99.0 Å². The third kappa shape index (κ3) is 7.91. The molecule has 0 aliphatic rings. The summed E-state index contributed by atoms with van der Waals surface area (Å²) in [6.45, 7) is 0. The second-order valence-corrected chi connectivity index (χ2v) is 25.1. The van der Waals surface area contributed by atoms with E-state index < -0.39 is 0 Å². The number of benzene rings is 15. The van der Waals surface area contributed by atoms with Crippen LogP contribution >= 0.6 is 0 Å². The highest BCUT2D eigenvalue weighted by atomic mass is 15.0. The summed E-state index contributed by atoms with van der Waals surface area (Å²) in [5.41, 5.74) is 26.2. The SMILES string of the molecule is c1ccc(-n2c3ccccc3c3cc(-c4c(-c5ccc6c(c5)c5ccccc5n6-c5ccccc5)c(-c5ccc6c(c5)c5ccccc5n6-c5ccccc5)c5c(c4-c4ccc6c(c4)c4ccccc4n6-c4ccccc4)c4ccccc4n5-c4ccccc4)ccc32)cc1. The van der Waals surface area contributed by atoms with Gasteiger partial charge in [-0.25, -0.2) is 0 Å². The smallest absolute Gasteiger partial charge is 0.0632 e. The monoisotopic (exact) mass is 1210 g/mol. The predicted octanol–water partition coefficient (Wildman–Crippen LogP) is 23.8. The zero-order chi connectivity index (χ0) is 62.2. The first-order chi connectivity index (χ1) is 47.2. The van der Waals surface area contributed by atoms with Gasteiger partial charge in [0.25, 0.3) is 0 Å². The fraction of sp³-hybridized carbons (Fsp3) is 0. The molecule has 0 amide bonds. The maximum absolute atomic E-state index is 2.57. The molecule has 0 aliphatic carbocycles. The first kappa shape index (κ1) is 53.0. The molecule has 442 valence electrons. The molecule has 5 nitrogen and oxygen atoms in total. The van der Waals surface area contributed by atoms with Crippen molar-refractivity contribution in [3.05, 3.63) is 346 Å². The van der Waals surface area contributed by atoms with Crippen LogP contribution < -0.4 is 0 Å². The number of rotatable bonds is 9. The zero-order valence-corrected chi connectivity index (χ0v) is 51.6. The van der Waals surface area contributed by atoms with E-state index in [9.17, 15) is 0 Å². The lowest BCUT2D eigenvalue weighted by atomic mass is 9.79. The molecule has 0 bridgehead atoms. The average Bonchev–Trinajstić information content (AvgIpc) is 1.59. The molecule has 0 unspecified atom stereocenters. The molecule has 5 heteroatoms. The van der Waals surface area contributed by atoms with Crippen LogP contribution in [0.2, 0.25) is 0 Å². The summed E-state index contributed by atoms with van der Waals surface area (Å²) < 4.78 is 12.3. The third-order valence-corrected chi connectivity index (χ3v) is 20.0. The highest BCUT2D eigenvalue weighted by Gasteiger charge is 2.32. The third-order valence-electron chi connectivity index (χ3n) is 20.0. The van der Waals surface area contributed by atoms with Gasteiger partial charge in [-0.3, -0.25) is 0 Å². The van der Waals surface area contributed by atoms with E-state index in [1.807, 2.05) is 0 Å². The lowest BCUT2D eigenvalue weighted by Gasteiger charge is -2.25. The van der Waals surface area contributed by atoms with E-state index in [4.69, 9.17) is 0 Å². The van der Waals surface area contributed by atoms with Crippen LogP contribution in [0.25, 0.3) is 182 Å². The fourth-order valence-electron chi connectivity index (χ4n) is 16.2. The summed E-state index contributed by atoms with van der Waals surface area (Å²) >= 11 is 0. The molecule has 5 aromatic heterocycles. The second-order valence-electron chi connectivity index (χ2n) is 25.1. The second kappa shape index (κ2) is 20.9. The molecule has 0 fully saturated rings. The zero-order valence-electron chi connectivity index (χ0n) is 51.6. The van der Waals surface area contributed by atoms with Crippen molar-refractivity contribution in [1.82, 2.24) is 22.8 Å². The van der Waals surface area contributed by atoms with Gasteiger partial charge in [0.1, 0.15) is 0 Å². The Bertz CT molecular complexity index is 6480. The van der Waals surface area contributed by atoms with E-state index in [0.717, 1.165) is 117 Å². The molecule has 95 heavy (non-hydrogen) atoms. The summed E-state index contributed by atoms with van der Waals surface area (Å²) in [4.78, 5) is 0. The number of para-hydroxylation sites is 10. The van der Waals surface area contributed by atoms with Crippen molar-refractivity contribution in [1.29, 1.82) is 0 Å². The van der Waals surface area contributed by atoms with Crippen molar-refractivity contribution in [2.24, 2.45) is 0 Å². The van der Waals surface area contributed by atoms with Crippen LogP contribution in [0, 0.1) is 0 Å². The molecule has 0 saturated heterocycles. The van der Waals surface area contributed by atoms with Gasteiger partial charge in [-0.1, -0.05) is 206 Å². The van der Waals surface area contributed by atoms with Crippen LogP contribution in [0.3, 0.4) is 0 Å². The van der Waals surface area contributed by atoms with Gasteiger partial charge in [-0.05, 0) is 167 Å². The van der Waals surface area contributed by atoms with Crippen LogP contribution in [0.1, 0.15) is 0 Å². The van der Waals surface area contributed by atoms with Crippen molar-refractivity contribution in [3.63, 3.8) is 0 Å². The first-order valence-corrected chi connectivity index (χ1v) is 32.7. The number of aromatic nitrogens is 5. The average molecular weight is 1210 g/mol. The van der Waals surface area contributed by atoms with E-state index in [0.29, 0.717) is 0 Å². The largest absolute Gasteiger partial charge is 0.309 e. The van der Waals surface area contributed by atoms with Gasteiger partial charge >= 0.3 is 0 Å².